The first kappa shape index (κ1) is 21.9. The van der Waals surface area contributed by atoms with E-state index in [2.05, 4.69) is 48.3 Å². The predicted octanol–water partition coefficient (Wildman–Crippen LogP) is 6.87. The quantitative estimate of drug-likeness (QED) is 0.155. The van der Waals surface area contributed by atoms with Crippen molar-refractivity contribution in [3.63, 3.8) is 0 Å². The molecule has 0 fully saturated rings. The minimum atomic E-state index is -0.330. The van der Waals surface area contributed by atoms with Gasteiger partial charge in [0.25, 0.3) is 0 Å². The fraction of sp³-hybridized carbons (Fsp3) is 0.320. The molecule has 0 radical (unpaired) electrons. The fourth-order valence-electron chi connectivity index (χ4n) is 3.05. The lowest BCUT2D eigenvalue weighted by Gasteiger charge is -2.05. The molecule has 0 unspecified atom stereocenters. The average molecular weight is 421 g/mol. The van der Waals surface area contributed by atoms with Crippen LogP contribution in [0.4, 0.5) is 0 Å². The summed E-state index contributed by atoms with van der Waals surface area (Å²) in [6.45, 7) is 4.31. The van der Waals surface area contributed by atoms with Crippen molar-refractivity contribution < 1.29 is 9.53 Å². The second kappa shape index (κ2) is 11.4. The van der Waals surface area contributed by atoms with Crippen molar-refractivity contribution in [1.82, 2.24) is 10.2 Å². The Balaban J connectivity index is 1.58. The van der Waals surface area contributed by atoms with E-state index in [4.69, 9.17) is 4.74 Å². The van der Waals surface area contributed by atoms with Crippen molar-refractivity contribution in [2.45, 2.75) is 52.4 Å². The number of hydrogen-bond acceptors (Lipinski definition) is 5. The molecule has 0 saturated carbocycles. The van der Waals surface area contributed by atoms with E-state index >= 15 is 0 Å². The molecular formula is C25H28N2O2S. The predicted molar refractivity (Wildman–Crippen MR) is 124 cm³/mol. The summed E-state index contributed by atoms with van der Waals surface area (Å²) in [5, 5.41) is 10.6. The van der Waals surface area contributed by atoms with Crippen LogP contribution in [-0.4, -0.2) is 16.2 Å². The third-order valence-corrected chi connectivity index (χ3v) is 5.73. The van der Waals surface area contributed by atoms with E-state index in [0.717, 1.165) is 52.4 Å². The number of rotatable bonds is 10. The molecule has 3 aromatic rings. The van der Waals surface area contributed by atoms with E-state index < -0.39 is 0 Å². The zero-order valence-corrected chi connectivity index (χ0v) is 18.5. The summed E-state index contributed by atoms with van der Waals surface area (Å²) in [5.41, 5.74) is 3.25. The second-order valence-corrected chi connectivity index (χ2v) is 8.23. The normalized spacial score (nSPS) is 11.1. The summed E-state index contributed by atoms with van der Waals surface area (Å²) in [5.74, 6) is 0.221. The molecule has 0 atom stereocenters. The Kier molecular flexibility index (Phi) is 8.33. The molecule has 1 aromatic heterocycles. The van der Waals surface area contributed by atoms with Crippen molar-refractivity contribution in [2.75, 3.05) is 0 Å². The molecule has 0 aliphatic carbocycles. The summed E-state index contributed by atoms with van der Waals surface area (Å²) in [4.78, 5) is 11.9. The lowest BCUT2D eigenvalue weighted by atomic mass is 10.0. The van der Waals surface area contributed by atoms with E-state index in [-0.39, 0.29) is 5.97 Å². The van der Waals surface area contributed by atoms with Gasteiger partial charge in [0.2, 0.25) is 0 Å². The molecule has 0 aliphatic heterocycles. The number of esters is 1. The van der Waals surface area contributed by atoms with E-state index in [9.17, 15) is 4.79 Å². The number of allylic oxidation sites excluding steroid dienone is 1. The van der Waals surface area contributed by atoms with E-state index in [0.29, 0.717) is 5.75 Å². The molecule has 1 heterocycles. The Morgan fingerprint density at radius 1 is 0.900 bits per heavy atom. The largest absolute Gasteiger partial charge is 0.423 e. The Bertz CT molecular complexity index is 960. The van der Waals surface area contributed by atoms with E-state index in [1.54, 1.807) is 11.3 Å². The van der Waals surface area contributed by atoms with E-state index in [1.807, 2.05) is 30.3 Å². The van der Waals surface area contributed by atoms with Crippen LogP contribution >= 0.6 is 11.3 Å². The number of benzene rings is 2. The van der Waals surface area contributed by atoms with Crippen LogP contribution in [0.15, 0.2) is 60.7 Å². The maximum Gasteiger partial charge on any atom is 0.335 e. The van der Waals surface area contributed by atoms with Crippen molar-refractivity contribution >= 4 is 17.3 Å². The highest BCUT2D eigenvalue weighted by atomic mass is 32.1. The Morgan fingerprint density at radius 3 is 2.23 bits per heavy atom. The zero-order valence-electron chi connectivity index (χ0n) is 17.6. The van der Waals surface area contributed by atoms with E-state index in [1.165, 1.54) is 18.9 Å². The van der Waals surface area contributed by atoms with Crippen LogP contribution in [0.2, 0.25) is 0 Å². The van der Waals surface area contributed by atoms with Gasteiger partial charge >= 0.3 is 5.97 Å². The smallest absolute Gasteiger partial charge is 0.335 e. The number of hydrogen-bond donors (Lipinski definition) is 0. The third-order valence-electron chi connectivity index (χ3n) is 4.70. The van der Waals surface area contributed by atoms with Crippen LogP contribution in [0.5, 0.6) is 5.75 Å². The fourth-order valence-corrected chi connectivity index (χ4v) is 3.99. The van der Waals surface area contributed by atoms with Gasteiger partial charge in [0.1, 0.15) is 15.8 Å². The molecule has 0 N–H and O–H groups in total. The highest BCUT2D eigenvalue weighted by Gasteiger charge is 2.07. The van der Waals surface area contributed by atoms with Crippen molar-refractivity contribution in [3.8, 4) is 27.4 Å². The first-order valence-electron chi connectivity index (χ1n) is 10.6. The molecule has 156 valence electrons. The lowest BCUT2D eigenvalue weighted by Crippen LogP contribution is -2.03. The van der Waals surface area contributed by atoms with Gasteiger partial charge in [-0.15, -0.1) is 10.2 Å². The van der Waals surface area contributed by atoms with Gasteiger partial charge in [-0.25, -0.2) is 4.79 Å². The molecule has 0 amide bonds. The number of carbonyl (C=O) groups is 1. The highest BCUT2D eigenvalue weighted by molar-refractivity contribution is 7.14. The van der Waals surface area contributed by atoms with Crippen LogP contribution < -0.4 is 4.74 Å². The van der Waals surface area contributed by atoms with Crippen LogP contribution in [0.25, 0.3) is 21.7 Å². The molecule has 2 aromatic carbocycles. The number of ether oxygens (including phenoxy) is 1. The van der Waals surface area contributed by atoms with Crippen LogP contribution in [0.1, 0.15) is 51.0 Å². The van der Waals surface area contributed by atoms with Gasteiger partial charge < -0.3 is 4.74 Å². The molecule has 4 nitrogen and oxygen atoms in total. The molecule has 3 rings (SSSR count). The van der Waals surface area contributed by atoms with Crippen LogP contribution in [-0.2, 0) is 11.2 Å². The molecular weight excluding hydrogens is 392 g/mol. The number of aryl methyl sites for hydroxylation is 1. The van der Waals surface area contributed by atoms with Crippen LogP contribution in [0.3, 0.4) is 0 Å². The Hall–Kier alpha value is -2.79. The third kappa shape index (κ3) is 6.36. The maximum absolute atomic E-state index is 11.9. The first-order chi connectivity index (χ1) is 14.7. The molecule has 0 spiro atoms. The SMILES string of the molecule is CCCCC/C=C/C(=O)Oc1ccc(-c2ccc(-c3nnc(CCC)s3)cc2)cc1. The standard InChI is InChI=1S/C25H28N2O2S/c1-3-5-6-7-8-10-24(28)29-22-17-15-20(16-18-22)19-11-13-21(14-12-19)25-27-26-23(30-25)9-4-2/h8,10-18H,3-7,9H2,1-2H3/b10-8+. The van der Waals surface area contributed by atoms with Gasteiger partial charge in [-0.1, -0.05) is 80.5 Å². The molecule has 0 saturated heterocycles. The van der Waals surface area contributed by atoms with Crippen LogP contribution in [0, 0.1) is 0 Å². The lowest BCUT2D eigenvalue weighted by molar-refractivity contribution is -0.129. The zero-order chi connectivity index (χ0) is 21.2. The average Bonchev–Trinajstić information content (AvgIpc) is 3.23. The van der Waals surface area contributed by atoms with Gasteiger partial charge in [-0.05, 0) is 42.5 Å². The molecule has 0 aliphatic rings. The summed E-state index contributed by atoms with van der Waals surface area (Å²) in [6, 6.07) is 15.9. The summed E-state index contributed by atoms with van der Waals surface area (Å²) in [6.07, 6.45) is 9.83. The van der Waals surface area contributed by atoms with Crippen molar-refractivity contribution in [1.29, 1.82) is 0 Å². The first-order valence-corrected chi connectivity index (χ1v) is 11.4. The Morgan fingerprint density at radius 2 is 1.57 bits per heavy atom. The van der Waals surface area contributed by atoms with Gasteiger partial charge in [-0.3, -0.25) is 0 Å². The number of aromatic nitrogens is 2. The highest BCUT2D eigenvalue weighted by Crippen LogP contribution is 2.28. The number of unbranched alkanes of at least 4 members (excludes halogenated alkanes) is 3. The Labute approximate surface area is 182 Å². The maximum atomic E-state index is 11.9. The summed E-state index contributed by atoms with van der Waals surface area (Å²) in [7, 11) is 0. The topological polar surface area (TPSA) is 52.1 Å². The summed E-state index contributed by atoms with van der Waals surface area (Å²) >= 11 is 1.65. The second-order valence-electron chi connectivity index (χ2n) is 7.17. The molecule has 0 bridgehead atoms. The van der Waals surface area contributed by atoms with Gasteiger partial charge in [0, 0.05) is 18.1 Å². The minimum Gasteiger partial charge on any atom is -0.423 e. The summed E-state index contributed by atoms with van der Waals surface area (Å²) < 4.78 is 5.37. The molecule has 30 heavy (non-hydrogen) atoms. The van der Waals surface area contributed by atoms with Gasteiger partial charge in [-0.2, -0.15) is 0 Å². The van der Waals surface area contributed by atoms with Crippen molar-refractivity contribution in [3.05, 3.63) is 65.7 Å². The number of nitrogens with zero attached hydrogens (tertiary/aromatic N) is 2. The monoisotopic (exact) mass is 420 g/mol. The minimum absolute atomic E-state index is 0.330. The van der Waals surface area contributed by atoms with Gasteiger partial charge in [0.05, 0.1) is 0 Å². The molecule has 5 heteroatoms. The van der Waals surface area contributed by atoms with Crippen molar-refractivity contribution in [2.24, 2.45) is 0 Å². The van der Waals surface area contributed by atoms with Gasteiger partial charge in [0.15, 0.2) is 0 Å². The number of carbonyl (C=O) groups excluding carboxylic acids is 1.